The lowest BCUT2D eigenvalue weighted by Crippen LogP contribution is -2.38. The lowest BCUT2D eigenvalue weighted by molar-refractivity contribution is 0.123. The van der Waals surface area contributed by atoms with Crippen LogP contribution in [0.3, 0.4) is 0 Å². The van der Waals surface area contributed by atoms with Gasteiger partial charge in [0.05, 0.1) is 6.10 Å². The summed E-state index contributed by atoms with van der Waals surface area (Å²) in [6.45, 7) is 11.6. The van der Waals surface area contributed by atoms with Gasteiger partial charge in [-0.2, -0.15) is 0 Å². The van der Waals surface area contributed by atoms with Crippen LogP contribution in [0, 0.1) is 0 Å². The van der Waals surface area contributed by atoms with Gasteiger partial charge in [0.15, 0.2) is 0 Å². The summed E-state index contributed by atoms with van der Waals surface area (Å²) < 4.78 is 0. The fourth-order valence-electron chi connectivity index (χ4n) is 1.45. The van der Waals surface area contributed by atoms with E-state index >= 15 is 0 Å². The zero-order valence-electron chi connectivity index (χ0n) is 9.04. The van der Waals surface area contributed by atoms with E-state index in [0.29, 0.717) is 12.1 Å². The van der Waals surface area contributed by atoms with Crippen molar-refractivity contribution >= 4 is 0 Å². The highest BCUT2D eigenvalue weighted by molar-refractivity contribution is 4.67. The van der Waals surface area contributed by atoms with Gasteiger partial charge in [-0.3, -0.25) is 4.90 Å². The van der Waals surface area contributed by atoms with Gasteiger partial charge >= 0.3 is 0 Å². The SMILES string of the molecule is CC(C)N(CC[C@H](C)O)C(C)C. The van der Waals surface area contributed by atoms with Crippen molar-refractivity contribution in [1.29, 1.82) is 0 Å². The van der Waals surface area contributed by atoms with E-state index in [-0.39, 0.29) is 6.10 Å². The first-order valence-corrected chi connectivity index (χ1v) is 4.89. The van der Waals surface area contributed by atoms with E-state index in [2.05, 4.69) is 32.6 Å². The summed E-state index contributed by atoms with van der Waals surface area (Å²) in [5, 5.41) is 9.14. The van der Waals surface area contributed by atoms with E-state index in [1.807, 2.05) is 6.92 Å². The van der Waals surface area contributed by atoms with Crippen LogP contribution in [0.1, 0.15) is 41.0 Å². The molecule has 2 heteroatoms. The van der Waals surface area contributed by atoms with Gasteiger partial charge in [-0.15, -0.1) is 0 Å². The van der Waals surface area contributed by atoms with Crippen LogP contribution in [0.2, 0.25) is 0 Å². The molecule has 0 aromatic heterocycles. The zero-order valence-corrected chi connectivity index (χ0v) is 9.04. The van der Waals surface area contributed by atoms with Gasteiger partial charge in [-0.25, -0.2) is 0 Å². The molecule has 0 spiro atoms. The zero-order chi connectivity index (χ0) is 9.72. The Morgan fingerprint density at radius 1 is 1.00 bits per heavy atom. The van der Waals surface area contributed by atoms with Crippen molar-refractivity contribution in [2.45, 2.75) is 59.2 Å². The highest BCUT2D eigenvalue weighted by Gasteiger charge is 2.13. The molecule has 0 heterocycles. The van der Waals surface area contributed by atoms with E-state index in [9.17, 15) is 0 Å². The topological polar surface area (TPSA) is 23.5 Å². The van der Waals surface area contributed by atoms with E-state index in [4.69, 9.17) is 5.11 Å². The molecule has 0 saturated carbocycles. The van der Waals surface area contributed by atoms with E-state index in [1.54, 1.807) is 0 Å². The Bertz CT molecular complexity index is 102. The minimum atomic E-state index is -0.176. The molecule has 74 valence electrons. The third kappa shape index (κ3) is 4.73. The van der Waals surface area contributed by atoms with Crippen molar-refractivity contribution in [3.05, 3.63) is 0 Å². The van der Waals surface area contributed by atoms with Crippen LogP contribution in [0.15, 0.2) is 0 Å². The van der Waals surface area contributed by atoms with Crippen molar-refractivity contribution in [2.75, 3.05) is 6.54 Å². The maximum absolute atomic E-state index is 9.14. The predicted octanol–water partition coefficient (Wildman–Crippen LogP) is 1.88. The largest absolute Gasteiger partial charge is 0.393 e. The molecule has 0 aromatic carbocycles. The first kappa shape index (κ1) is 11.9. The fraction of sp³-hybridized carbons (Fsp3) is 1.00. The summed E-state index contributed by atoms with van der Waals surface area (Å²) in [4.78, 5) is 2.40. The van der Waals surface area contributed by atoms with Crippen molar-refractivity contribution in [1.82, 2.24) is 4.90 Å². The Morgan fingerprint density at radius 3 is 1.67 bits per heavy atom. The first-order chi connectivity index (χ1) is 5.45. The molecule has 0 aliphatic rings. The monoisotopic (exact) mass is 173 g/mol. The van der Waals surface area contributed by atoms with Gasteiger partial charge in [-0.05, 0) is 41.0 Å². The maximum Gasteiger partial charge on any atom is 0.0524 e. The van der Waals surface area contributed by atoms with Gasteiger partial charge in [0, 0.05) is 18.6 Å². The molecule has 0 aromatic rings. The number of aliphatic hydroxyl groups excluding tert-OH is 1. The molecule has 0 bridgehead atoms. The molecule has 0 aliphatic carbocycles. The predicted molar refractivity (Wildman–Crippen MR) is 53.3 cm³/mol. The van der Waals surface area contributed by atoms with Crippen LogP contribution < -0.4 is 0 Å². The molecule has 0 fully saturated rings. The quantitative estimate of drug-likeness (QED) is 0.686. The van der Waals surface area contributed by atoms with Crippen molar-refractivity contribution in [2.24, 2.45) is 0 Å². The van der Waals surface area contributed by atoms with Crippen LogP contribution in [0.4, 0.5) is 0 Å². The molecule has 0 aliphatic heterocycles. The number of rotatable bonds is 5. The Morgan fingerprint density at radius 2 is 1.42 bits per heavy atom. The molecule has 0 amide bonds. The second-order valence-corrected chi connectivity index (χ2v) is 4.06. The van der Waals surface area contributed by atoms with Crippen LogP contribution in [0.25, 0.3) is 0 Å². The number of aliphatic hydroxyl groups is 1. The van der Waals surface area contributed by atoms with Crippen LogP contribution in [0.5, 0.6) is 0 Å². The van der Waals surface area contributed by atoms with Gasteiger partial charge in [0.25, 0.3) is 0 Å². The minimum Gasteiger partial charge on any atom is -0.393 e. The molecule has 0 radical (unpaired) electrons. The third-order valence-electron chi connectivity index (χ3n) is 2.13. The van der Waals surface area contributed by atoms with Crippen LogP contribution in [-0.2, 0) is 0 Å². The summed E-state index contributed by atoms with van der Waals surface area (Å²) in [6, 6.07) is 1.15. The molecule has 12 heavy (non-hydrogen) atoms. The molecule has 1 atom stereocenters. The number of hydrogen-bond acceptors (Lipinski definition) is 2. The Kier molecular flexibility index (Phi) is 5.51. The van der Waals surface area contributed by atoms with Gasteiger partial charge in [0.2, 0.25) is 0 Å². The van der Waals surface area contributed by atoms with E-state index in [0.717, 1.165) is 13.0 Å². The minimum absolute atomic E-state index is 0.176. The second kappa shape index (κ2) is 5.55. The molecule has 0 rings (SSSR count). The highest BCUT2D eigenvalue weighted by atomic mass is 16.3. The molecule has 0 saturated heterocycles. The summed E-state index contributed by atoms with van der Waals surface area (Å²) in [6.07, 6.45) is 0.695. The van der Waals surface area contributed by atoms with Crippen molar-refractivity contribution < 1.29 is 5.11 Å². The normalized spacial score (nSPS) is 14.8. The highest BCUT2D eigenvalue weighted by Crippen LogP contribution is 2.06. The standard InChI is InChI=1S/C10H23NO/c1-8(2)11(9(3)4)7-6-10(5)12/h8-10,12H,6-7H2,1-5H3/t10-/m0/s1. The maximum atomic E-state index is 9.14. The van der Waals surface area contributed by atoms with Gasteiger partial charge in [0.1, 0.15) is 0 Å². The molecule has 2 nitrogen and oxygen atoms in total. The average Bonchev–Trinajstić information content (AvgIpc) is 1.84. The first-order valence-electron chi connectivity index (χ1n) is 4.89. The smallest absolute Gasteiger partial charge is 0.0524 e. The van der Waals surface area contributed by atoms with Gasteiger partial charge < -0.3 is 5.11 Å². The number of nitrogens with zero attached hydrogens (tertiary/aromatic N) is 1. The summed E-state index contributed by atoms with van der Waals surface area (Å²) in [7, 11) is 0. The fourth-order valence-corrected chi connectivity index (χ4v) is 1.45. The summed E-state index contributed by atoms with van der Waals surface area (Å²) >= 11 is 0. The Labute approximate surface area is 76.6 Å². The van der Waals surface area contributed by atoms with Crippen LogP contribution >= 0.6 is 0 Å². The third-order valence-corrected chi connectivity index (χ3v) is 2.13. The Balaban J connectivity index is 3.80. The summed E-state index contributed by atoms with van der Waals surface area (Å²) in [5.41, 5.74) is 0. The second-order valence-electron chi connectivity index (χ2n) is 4.06. The lowest BCUT2D eigenvalue weighted by atomic mass is 10.2. The lowest BCUT2D eigenvalue weighted by Gasteiger charge is -2.30. The molecule has 1 N–H and O–H groups in total. The van der Waals surface area contributed by atoms with Crippen LogP contribution in [-0.4, -0.2) is 34.7 Å². The van der Waals surface area contributed by atoms with Gasteiger partial charge in [-0.1, -0.05) is 0 Å². The summed E-state index contributed by atoms with van der Waals surface area (Å²) in [5.74, 6) is 0. The van der Waals surface area contributed by atoms with Crippen molar-refractivity contribution in [3.8, 4) is 0 Å². The van der Waals surface area contributed by atoms with E-state index in [1.165, 1.54) is 0 Å². The van der Waals surface area contributed by atoms with Crippen molar-refractivity contribution in [3.63, 3.8) is 0 Å². The average molecular weight is 173 g/mol. The number of hydrogen-bond donors (Lipinski definition) is 1. The molecular weight excluding hydrogens is 150 g/mol. The molecule has 0 unspecified atom stereocenters. The Hall–Kier alpha value is -0.0800. The van der Waals surface area contributed by atoms with E-state index < -0.39 is 0 Å². The molecular formula is C10H23NO.